The first-order chi connectivity index (χ1) is 16.0. The minimum absolute atomic E-state index is 0.0593. The van der Waals surface area contributed by atoms with Crippen LogP contribution >= 0.6 is 0 Å². The highest BCUT2D eigenvalue weighted by Crippen LogP contribution is 2.30. The molecule has 4 aliphatic rings. The van der Waals surface area contributed by atoms with E-state index in [2.05, 4.69) is 32.0 Å². The summed E-state index contributed by atoms with van der Waals surface area (Å²) >= 11 is 0. The summed E-state index contributed by atoms with van der Waals surface area (Å²) in [5, 5.41) is 25.7. The summed E-state index contributed by atoms with van der Waals surface area (Å²) in [5.41, 5.74) is 4.08. The lowest BCUT2D eigenvalue weighted by atomic mass is 9.99. The van der Waals surface area contributed by atoms with Gasteiger partial charge in [-0.15, -0.1) is 0 Å². The number of allylic oxidation sites excluding steroid dienone is 5. The highest BCUT2D eigenvalue weighted by molar-refractivity contribution is 6.03. The monoisotopic (exact) mass is 448 g/mol. The number of rotatable bonds is 1. The number of anilines is 1. The number of aryl methyl sites for hydroxylation is 1. The van der Waals surface area contributed by atoms with E-state index in [0.29, 0.717) is 25.6 Å². The van der Waals surface area contributed by atoms with Crippen molar-refractivity contribution in [2.75, 3.05) is 37.7 Å². The molecular formula is C23H26N7O3-. The molecule has 1 aliphatic carbocycles. The molecule has 172 valence electrons. The largest absolute Gasteiger partial charge is 0.612 e. The number of morpholine rings is 1. The van der Waals surface area contributed by atoms with Crippen LogP contribution in [0.5, 0.6) is 0 Å². The van der Waals surface area contributed by atoms with E-state index in [1.165, 1.54) is 17.7 Å². The van der Waals surface area contributed by atoms with E-state index < -0.39 is 4.90 Å². The van der Waals surface area contributed by atoms with E-state index in [4.69, 9.17) is 9.73 Å². The molecule has 10 heteroatoms. The third-order valence-electron chi connectivity index (χ3n) is 6.21. The Morgan fingerprint density at radius 3 is 2.70 bits per heavy atom. The van der Waals surface area contributed by atoms with Crippen LogP contribution in [0.25, 0.3) is 0 Å². The predicted molar refractivity (Wildman–Crippen MR) is 125 cm³/mol. The van der Waals surface area contributed by atoms with Gasteiger partial charge in [0.1, 0.15) is 23.8 Å². The molecule has 0 amide bonds. The van der Waals surface area contributed by atoms with Gasteiger partial charge in [0.05, 0.1) is 25.8 Å². The molecule has 10 nitrogen and oxygen atoms in total. The van der Waals surface area contributed by atoms with E-state index in [9.17, 15) is 10.4 Å². The Kier molecular flexibility index (Phi) is 5.59. The van der Waals surface area contributed by atoms with E-state index in [1.54, 1.807) is 18.5 Å². The van der Waals surface area contributed by atoms with Gasteiger partial charge in [-0.3, -0.25) is 0 Å². The first kappa shape index (κ1) is 21.2. The fraction of sp³-hybridized carbons (Fsp3) is 0.391. The van der Waals surface area contributed by atoms with E-state index in [0.717, 1.165) is 48.1 Å². The van der Waals surface area contributed by atoms with Crippen LogP contribution in [0.1, 0.15) is 19.0 Å². The minimum Gasteiger partial charge on any atom is -0.612 e. The minimum atomic E-state index is -0.393. The molecule has 1 fully saturated rings. The van der Waals surface area contributed by atoms with Crippen molar-refractivity contribution in [3.05, 3.63) is 75.5 Å². The van der Waals surface area contributed by atoms with Gasteiger partial charge in [-0.2, -0.15) is 4.90 Å². The van der Waals surface area contributed by atoms with Gasteiger partial charge in [-0.25, -0.2) is 15.0 Å². The summed E-state index contributed by atoms with van der Waals surface area (Å²) in [5.74, 6) is 2.56. The normalized spacial score (nSPS) is 22.9. The van der Waals surface area contributed by atoms with Crippen LogP contribution in [0.3, 0.4) is 0 Å². The van der Waals surface area contributed by atoms with Crippen LogP contribution in [-0.4, -0.2) is 70.2 Å². The third kappa shape index (κ3) is 4.21. The first-order valence-corrected chi connectivity index (χ1v) is 11.1. The lowest BCUT2D eigenvalue weighted by Gasteiger charge is -2.41. The molecule has 0 saturated carbocycles. The first-order valence-electron chi connectivity index (χ1n) is 11.1. The van der Waals surface area contributed by atoms with Crippen LogP contribution in [0, 0.1) is 17.3 Å². The van der Waals surface area contributed by atoms with Gasteiger partial charge < -0.3 is 30.3 Å². The third-order valence-corrected chi connectivity index (χ3v) is 6.21. The van der Waals surface area contributed by atoms with E-state index in [1.807, 2.05) is 13.0 Å². The average molecular weight is 449 g/mol. The Morgan fingerprint density at radius 2 is 1.97 bits per heavy atom. The molecule has 0 radical (unpaired) electrons. The molecule has 1 aromatic rings. The maximum atomic E-state index is 11.1. The average Bonchev–Trinajstić information content (AvgIpc) is 2.83. The van der Waals surface area contributed by atoms with E-state index in [-0.39, 0.29) is 11.8 Å². The molecule has 1 saturated heterocycles. The van der Waals surface area contributed by atoms with Crippen LogP contribution < -0.4 is 10.2 Å². The van der Waals surface area contributed by atoms with Gasteiger partial charge in [0.25, 0.3) is 0 Å². The Labute approximate surface area is 192 Å². The van der Waals surface area contributed by atoms with E-state index >= 15 is 0 Å². The second-order valence-electron chi connectivity index (χ2n) is 8.48. The zero-order valence-electron chi connectivity index (χ0n) is 18.7. The van der Waals surface area contributed by atoms with Crippen molar-refractivity contribution in [2.24, 2.45) is 4.99 Å². The molecule has 1 atom stereocenters. The molecule has 0 unspecified atom stereocenters. The second-order valence-corrected chi connectivity index (χ2v) is 8.48. The molecule has 1 N–H and O–H groups in total. The maximum Gasteiger partial charge on any atom is 0.222 e. The second kappa shape index (κ2) is 8.70. The SMILES string of the molecule is Cc1cc(N2CCC3=C(C2)NC(=C2C=CC(=[N+]([O-])[O-])C=C2)N=C3N2CCOC[C@@H]2C)ncn1. The van der Waals surface area contributed by atoms with Crippen molar-refractivity contribution in [1.29, 1.82) is 0 Å². The van der Waals surface area contributed by atoms with Crippen molar-refractivity contribution >= 4 is 17.4 Å². The summed E-state index contributed by atoms with van der Waals surface area (Å²) in [4.78, 5) is 17.9. The predicted octanol–water partition coefficient (Wildman–Crippen LogP) is 1.76. The van der Waals surface area contributed by atoms with Gasteiger partial charge in [0, 0.05) is 53.8 Å². The smallest absolute Gasteiger partial charge is 0.222 e. The number of ether oxygens (including phenoxy) is 1. The molecular weight excluding hydrogens is 422 g/mol. The summed E-state index contributed by atoms with van der Waals surface area (Å²) in [6.07, 6.45) is 8.94. The van der Waals surface area contributed by atoms with Gasteiger partial charge in [-0.05, 0) is 32.4 Å². The van der Waals surface area contributed by atoms with Crippen molar-refractivity contribution in [3.8, 4) is 0 Å². The topological polar surface area (TPSA) is 115 Å². The number of hydrogen-bond donors (Lipinski definition) is 1. The quantitative estimate of drug-likeness (QED) is 0.511. The maximum absolute atomic E-state index is 11.1. The van der Waals surface area contributed by atoms with Gasteiger partial charge in [0.2, 0.25) is 5.71 Å². The van der Waals surface area contributed by atoms with Crippen LogP contribution in [0.15, 0.2) is 64.4 Å². The molecule has 33 heavy (non-hydrogen) atoms. The van der Waals surface area contributed by atoms with Gasteiger partial charge >= 0.3 is 0 Å². The molecule has 1 aromatic heterocycles. The van der Waals surface area contributed by atoms with Crippen molar-refractivity contribution in [2.45, 2.75) is 26.3 Å². The number of aliphatic imine (C=N–C) groups is 1. The summed E-state index contributed by atoms with van der Waals surface area (Å²) < 4.78 is 5.65. The summed E-state index contributed by atoms with van der Waals surface area (Å²) in [6, 6.07) is 2.21. The fourth-order valence-electron chi connectivity index (χ4n) is 4.44. The Balaban J connectivity index is 1.52. The number of aromatic nitrogens is 2. The number of nitrogens with one attached hydrogen (secondary N) is 1. The fourth-order valence-corrected chi connectivity index (χ4v) is 4.44. The number of amidine groups is 1. The Bertz CT molecular complexity index is 1130. The van der Waals surface area contributed by atoms with Gasteiger partial charge in [0.15, 0.2) is 0 Å². The Morgan fingerprint density at radius 1 is 1.15 bits per heavy atom. The zero-order valence-corrected chi connectivity index (χ0v) is 18.7. The lowest BCUT2D eigenvalue weighted by molar-refractivity contribution is -0.377. The van der Waals surface area contributed by atoms with Crippen molar-refractivity contribution in [1.82, 2.24) is 20.2 Å². The standard InChI is InChI=1S/C23H26N7O3/c1-15-11-21(25-14-24-15)28-8-7-19-20(12-28)26-22(17-3-5-18(6-4-17)30(31)32)27-23(19)29-9-10-33-13-16(29)2/h3-6,11,14,16,26H,7-10,12-13H2,1-2H3/q-1/t16-/m0/s1. The van der Waals surface area contributed by atoms with Crippen molar-refractivity contribution in [3.63, 3.8) is 0 Å². The lowest BCUT2D eigenvalue weighted by Crippen LogP contribution is -2.51. The van der Waals surface area contributed by atoms with Crippen LogP contribution in [0.2, 0.25) is 0 Å². The van der Waals surface area contributed by atoms with Gasteiger partial charge in [-0.1, -0.05) is 0 Å². The molecule has 0 bridgehead atoms. The van der Waals surface area contributed by atoms with Crippen LogP contribution in [0.4, 0.5) is 5.82 Å². The summed E-state index contributed by atoms with van der Waals surface area (Å²) in [7, 11) is 0. The highest BCUT2D eigenvalue weighted by atomic mass is 16.8. The Hall–Kier alpha value is -3.66. The summed E-state index contributed by atoms with van der Waals surface area (Å²) in [6.45, 7) is 7.71. The molecule has 3 aliphatic heterocycles. The molecule has 0 aromatic carbocycles. The highest BCUT2D eigenvalue weighted by Gasteiger charge is 2.33. The zero-order chi connectivity index (χ0) is 22.9. The number of hydrogen-bond acceptors (Lipinski definition) is 9. The number of nitrogens with zero attached hydrogens (tertiary/aromatic N) is 6. The molecule has 4 heterocycles. The molecule has 0 spiro atoms. The van der Waals surface area contributed by atoms with Crippen molar-refractivity contribution < 1.29 is 9.64 Å². The molecule has 5 rings (SSSR count). The van der Waals surface area contributed by atoms with Crippen LogP contribution in [-0.2, 0) is 4.74 Å².